The van der Waals surface area contributed by atoms with Gasteiger partial charge in [-0.2, -0.15) is 0 Å². The molecule has 0 saturated carbocycles. The minimum absolute atomic E-state index is 0.594. The number of aliphatic imine (C=N–C) groups is 1. The molecule has 6 nitrogen and oxygen atoms in total. The average Bonchev–Trinajstić information content (AvgIpc) is 2.81. The van der Waals surface area contributed by atoms with Crippen LogP contribution >= 0.6 is 0 Å². The van der Waals surface area contributed by atoms with Crippen LogP contribution in [-0.2, 0) is 4.74 Å². The van der Waals surface area contributed by atoms with E-state index in [0.29, 0.717) is 5.96 Å². The van der Waals surface area contributed by atoms with E-state index in [2.05, 4.69) is 20.1 Å². The Labute approximate surface area is 135 Å². The van der Waals surface area contributed by atoms with Crippen molar-refractivity contribution in [1.82, 2.24) is 15.1 Å². The Morgan fingerprint density at radius 2 is 1.64 bits per heavy atom. The van der Waals surface area contributed by atoms with Gasteiger partial charge in [0, 0.05) is 39.3 Å². The standard InChI is InChI=1S/C16H33N5O/c17-16(18-6-5-10-21-12-14-22-15-13-21)19-7-11-20-8-3-1-2-4-9-20/h1-15H2,(H3,17,18,19). The zero-order valence-electron chi connectivity index (χ0n) is 13.9. The van der Waals surface area contributed by atoms with Crippen molar-refractivity contribution in [1.29, 1.82) is 0 Å². The van der Waals surface area contributed by atoms with Gasteiger partial charge < -0.3 is 20.7 Å². The van der Waals surface area contributed by atoms with Gasteiger partial charge in [-0.05, 0) is 32.4 Å². The van der Waals surface area contributed by atoms with E-state index in [0.717, 1.165) is 58.9 Å². The van der Waals surface area contributed by atoms with E-state index in [1.807, 2.05) is 0 Å². The molecule has 3 N–H and O–H groups in total. The lowest BCUT2D eigenvalue weighted by Crippen LogP contribution is -2.39. The molecule has 0 bridgehead atoms. The summed E-state index contributed by atoms with van der Waals surface area (Å²) in [6.45, 7) is 10.2. The molecule has 0 aromatic rings. The van der Waals surface area contributed by atoms with Gasteiger partial charge in [-0.1, -0.05) is 12.8 Å². The monoisotopic (exact) mass is 311 g/mol. The summed E-state index contributed by atoms with van der Waals surface area (Å²) < 4.78 is 5.34. The van der Waals surface area contributed by atoms with Gasteiger partial charge >= 0.3 is 0 Å². The highest BCUT2D eigenvalue weighted by atomic mass is 16.5. The van der Waals surface area contributed by atoms with Crippen LogP contribution in [0.4, 0.5) is 0 Å². The molecule has 2 fully saturated rings. The number of nitrogens with zero attached hydrogens (tertiary/aromatic N) is 3. The van der Waals surface area contributed by atoms with Gasteiger partial charge in [-0.15, -0.1) is 0 Å². The van der Waals surface area contributed by atoms with Gasteiger partial charge in [-0.3, -0.25) is 9.89 Å². The maximum Gasteiger partial charge on any atom is 0.188 e. The number of rotatable bonds is 7. The number of hydrogen-bond acceptors (Lipinski definition) is 4. The molecule has 2 aliphatic rings. The number of morpholine rings is 1. The van der Waals surface area contributed by atoms with Crippen LogP contribution in [-0.4, -0.2) is 81.3 Å². The quantitative estimate of drug-likeness (QED) is 0.407. The Kier molecular flexibility index (Phi) is 8.60. The number of guanidine groups is 1. The summed E-state index contributed by atoms with van der Waals surface area (Å²) in [7, 11) is 0. The van der Waals surface area contributed by atoms with E-state index in [9.17, 15) is 0 Å². The predicted molar refractivity (Wildman–Crippen MR) is 91.3 cm³/mol. The molecular formula is C16H33N5O. The average molecular weight is 311 g/mol. The zero-order valence-corrected chi connectivity index (χ0v) is 13.9. The highest BCUT2D eigenvalue weighted by Crippen LogP contribution is 2.08. The van der Waals surface area contributed by atoms with E-state index in [-0.39, 0.29) is 0 Å². The summed E-state index contributed by atoms with van der Waals surface area (Å²) in [5, 5.41) is 3.24. The second-order valence-electron chi connectivity index (χ2n) is 6.26. The van der Waals surface area contributed by atoms with Crippen molar-refractivity contribution in [2.75, 3.05) is 65.6 Å². The maximum absolute atomic E-state index is 5.93. The third-order valence-corrected chi connectivity index (χ3v) is 4.45. The largest absolute Gasteiger partial charge is 0.379 e. The second-order valence-corrected chi connectivity index (χ2v) is 6.26. The smallest absolute Gasteiger partial charge is 0.188 e. The normalized spacial score (nSPS) is 22.5. The summed E-state index contributed by atoms with van der Waals surface area (Å²) in [6, 6.07) is 0. The molecule has 0 unspecified atom stereocenters. The maximum atomic E-state index is 5.93. The van der Waals surface area contributed by atoms with Crippen molar-refractivity contribution in [2.45, 2.75) is 32.1 Å². The minimum Gasteiger partial charge on any atom is -0.379 e. The lowest BCUT2D eigenvalue weighted by molar-refractivity contribution is 0.0377. The number of ether oxygens (including phenoxy) is 1. The third-order valence-electron chi connectivity index (χ3n) is 4.45. The number of nitrogens with two attached hydrogens (primary N) is 1. The van der Waals surface area contributed by atoms with Crippen LogP contribution in [0, 0.1) is 0 Å². The van der Waals surface area contributed by atoms with Gasteiger partial charge in [0.2, 0.25) is 0 Å². The van der Waals surface area contributed by atoms with Crippen molar-refractivity contribution < 1.29 is 4.74 Å². The van der Waals surface area contributed by atoms with Gasteiger partial charge in [0.05, 0.1) is 13.2 Å². The SMILES string of the molecule is NC(=NCCCN1CCOCC1)NCCN1CCCCCC1. The van der Waals surface area contributed by atoms with Crippen molar-refractivity contribution in [3.05, 3.63) is 0 Å². The van der Waals surface area contributed by atoms with Gasteiger partial charge in [0.1, 0.15) is 0 Å². The highest BCUT2D eigenvalue weighted by Gasteiger charge is 2.09. The van der Waals surface area contributed by atoms with Crippen LogP contribution < -0.4 is 11.1 Å². The molecule has 0 spiro atoms. The Hall–Kier alpha value is -0.850. The zero-order chi connectivity index (χ0) is 15.5. The van der Waals surface area contributed by atoms with Gasteiger partial charge in [-0.25, -0.2) is 0 Å². The van der Waals surface area contributed by atoms with E-state index < -0.39 is 0 Å². The lowest BCUT2D eigenvalue weighted by Gasteiger charge is -2.26. The first-order valence-corrected chi connectivity index (χ1v) is 8.91. The van der Waals surface area contributed by atoms with Gasteiger partial charge in [0.15, 0.2) is 5.96 Å². The highest BCUT2D eigenvalue weighted by molar-refractivity contribution is 5.77. The molecule has 22 heavy (non-hydrogen) atoms. The van der Waals surface area contributed by atoms with Crippen LogP contribution in [0.5, 0.6) is 0 Å². The molecule has 0 atom stereocenters. The van der Waals surface area contributed by atoms with Crippen LogP contribution in [0.15, 0.2) is 4.99 Å². The lowest BCUT2D eigenvalue weighted by atomic mass is 10.2. The summed E-state index contributed by atoms with van der Waals surface area (Å²) in [4.78, 5) is 9.38. The first-order valence-electron chi connectivity index (χ1n) is 8.91. The molecule has 0 amide bonds. The van der Waals surface area contributed by atoms with Crippen molar-refractivity contribution in [3.63, 3.8) is 0 Å². The topological polar surface area (TPSA) is 66.1 Å². The Bertz CT molecular complexity index is 310. The van der Waals surface area contributed by atoms with Crippen LogP contribution in [0.25, 0.3) is 0 Å². The van der Waals surface area contributed by atoms with Crippen molar-refractivity contribution >= 4 is 5.96 Å². The van der Waals surface area contributed by atoms with Crippen LogP contribution in [0.2, 0.25) is 0 Å². The molecular weight excluding hydrogens is 278 g/mol. The first kappa shape index (κ1) is 17.5. The van der Waals surface area contributed by atoms with E-state index in [1.54, 1.807) is 0 Å². The van der Waals surface area contributed by atoms with Crippen LogP contribution in [0.3, 0.4) is 0 Å². The predicted octanol–water partition coefficient (Wildman–Crippen LogP) is 0.489. The number of hydrogen-bond donors (Lipinski definition) is 2. The summed E-state index contributed by atoms with van der Waals surface area (Å²) >= 11 is 0. The van der Waals surface area contributed by atoms with E-state index in [4.69, 9.17) is 10.5 Å². The second kappa shape index (κ2) is 10.8. The third kappa shape index (κ3) is 7.42. The van der Waals surface area contributed by atoms with E-state index >= 15 is 0 Å². The Morgan fingerprint density at radius 3 is 2.36 bits per heavy atom. The molecule has 6 heteroatoms. The molecule has 0 radical (unpaired) electrons. The fraction of sp³-hybridized carbons (Fsp3) is 0.938. The Balaban J connectivity index is 1.49. The number of nitrogens with one attached hydrogen (secondary N) is 1. The first-order chi connectivity index (χ1) is 10.8. The summed E-state index contributed by atoms with van der Waals surface area (Å²) in [5.74, 6) is 0.594. The molecule has 0 aliphatic carbocycles. The summed E-state index contributed by atoms with van der Waals surface area (Å²) in [5.41, 5.74) is 5.93. The van der Waals surface area contributed by atoms with Crippen LogP contribution in [0.1, 0.15) is 32.1 Å². The molecule has 0 aromatic heterocycles. The molecule has 2 rings (SSSR count). The van der Waals surface area contributed by atoms with E-state index in [1.165, 1.54) is 38.8 Å². The number of likely N-dealkylation sites (tertiary alicyclic amines) is 1. The fourth-order valence-corrected chi connectivity index (χ4v) is 3.08. The van der Waals surface area contributed by atoms with Crippen molar-refractivity contribution in [3.8, 4) is 0 Å². The summed E-state index contributed by atoms with van der Waals surface area (Å²) in [6.07, 6.45) is 6.51. The van der Waals surface area contributed by atoms with Crippen molar-refractivity contribution in [2.24, 2.45) is 10.7 Å². The minimum atomic E-state index is 0.594. The fourth-order valence-electron chi connectivity index (χ4n) is 3.08. The molecule has 2 aliphatic heterocycles. The Morgan fingerprint density at radius 1 is 0.955 bits per heavy atom. The molecule has 2 saturated heterocycles. The van der Waals surface area contributed by atoms with Gasteiger partial charge in [0.25, 0.3) is 0 Å². The molecule has 0 aromatic carbocycles. The molecule has 128 valence electrons. The molecule has 2 heterocycles.